The van der Waals surface area contributed by atoms with Crippen LogP contribution in [0.15, 0.2) is 30.5 Å². The highest BCUT2D eigenvalue weighted by molar-refractivity contribution is 5.86. The van der Waals surface area contributed by atoms with Crippen LogP contribution in [0, 0.1) is 11.8 Å². The second kappa shape index (κ2) is 8.66. The van der Waals surface area contributed by atoms with Crippen LogP contribution < -0.4 is 0 Å². The van der Waals surface area contributed by atoms with Gasteiger partial charge < -0.3 is 9.69 Å². The molecule has 4 nitrogen and oxygen atoms in total. The molecule has 5 atom stereocenters. The number of pyridine rings is 1. The molecule has 5 unspecified atom stereocenters. The minimum Gasteiger partial charge on any atom is -0.302 e. The van der Waals surface area contributed by atoms with E-state index in [2.05, 4.69) is 28.8 Å². The van der Waals surface area contributed by atoms with E-state index in [1.165, 1.54) is 25.1 Å². The second-order valence-electron chi connectivity index (χ2n) is 10.5. The Morgan fingerprint density at radius 3 is 2.48 bits per heavy atom. The van der Waals surface area contributed by atoms with E-state index < -0.39 is 11.7 Å². The zero-order valence-electron chi connectivity index (χ0n) is 19.3. The topological polar surface area (TPSA) is 36.4 Å². The van der Waals surface area contributed by atoms with Crippen molar-refractivity contribution in [2.24, 2.45) is 11.8 Å². The van der Waals surface area contributed by atoms with E-state index in [-0.39, 0.29) is 17.5 Å². The summed E-state index contributed by atoms with van der Waals surface area (Å²) in [5, 5.41) is 0.575. The maximum atomic E-state index is 13.6. The van der Waals surface area contributed by atoms with Gasteiger partial charge in [0.05, 0.1) is 17.1 Å². The average Bonchev–Trinajstić information content (AvgIpc) is 2.97. The molecule has 5 rings (SSSR count). The molecule has 33 heavy (non-hydrogen) atoms. The molecule has 3 aliphatic heterocycles. The van der Waals surface area contributed by atoms with E-state index >= 15 is 0 Å². The van der Waals surface area contributed by atoms with Gasteiger partial charge in [-0.15, -0.1) is 0 Å². The molecule has 7 heteroatoms. The largest absolute Gasteiger partial charge is 0.418 e. The predicted octanol–water partition coefficient (Wildman–Crippen LogP) is 5.12. The van der Waals surface area contributed by atoms with Crippen molar-refractivity contribution in [3.05, 3.63) is 41.6 Å². The Kier molecular flexibility index (Phi) is 5.98. The maximum Gasteiger partial charge on any atom is 0.418 e. The lowest BCUT2D eigenvalue weighted by Crippen LogP contribution is -2.52. The van der Waals surface area contributed by atoms with Crippen molar-refractivity contribution in [2.45, 2.75) is 69.2 Å². The van der Waals surface area contributed by atoms with Crippen LogP contribution in [0.4, 0.5) is 13.2 Å². The number of nitrogens with zero attached hydrogens (tertiary/aromatic N) is 3. The summed E-state index contributed by atoms with van der Waals surface area (Å²) in [5.74, 6) is 0.796. The van der Waals surface area contributed by atoms with Crippen LogP contribution in [0.2, 0.25) is 0 Å². The highest BCUT2D eigenvalue weighted by Gasteiger charge is 2.44. The smallest absolute Gasteiger partial charge is 0.302 e. The van der Waals surface area contributed by atoms with Crippen molar-refractivity contribution in [3.8, 4) is 0 Å². The third-order valence-corrected chi connectivity index (χ3v) is 8.42. The van der Waals surface area contributed by atoms with Gasteiger partial charge in [-0.2, -0.15) is 13.2 Å². The van der Waals surface area contributed by atoms with E-state index in [4.69, 9.17) is 0 Å². The Bertz CT molecular complexity index is 1010. The lowest BCUT2D eigenvalue weighted by atomic mass is 9.80. The molecule has 1 aromatic carbocycles. The SMILES string of the molecule is CC1CC(c2ccc(C(F)(F)F)c3ncccc23)CN(C(C=O)C2CC3CCC(C2)N3C)C1. The Morgan fingerprint density at radius 1 is 1.09 bits per heavy atom. The van der Waals surface area contributed by atoms with E-state index in [1.807, 2.05) is 0 Å². The molecule has 3 aliphatic rings. The van der Waals surface area contributed by atoms with Gasteiger partial charge in [-0.25, -0.2) is 0 Å². The van der Waals surface area contributed by atoms with Gasteiger partial charge in [0.1, 0.15) is 6.29 Å². The number of rotatable bonds is 4. The quantitative estimate of drug-likeness (QED) is 0.595. The molecule has 0 aliphatic carbocycles. The van der Waals surface area contributed by atoms with Crippen LogP contribution in [0.5, 0.6) is 0 Å². The van der Waals surface area contributed by atoms with Gasteiger partial charge in [0.2, 0.25) is 0 Å². The monoisotopic (exact) mass is 459 g/mol. The summed E-state index contributed by atoms with van der Waals surface area (Å²) in [6.07, 6.45) is 3.56. The van der Waals surface area contributed by atoms with E-state index in [0.29, 0.717) is 35.9 Å². The average molecular weight is 460 g/mol. The Morgan fingerprint density at radius 2 is 1.82 bits per heavy atom. The van der Waals surface area contributed by atoms with Gasteiger partial charge in [0.25, 0.3) is 0 Å². The minimum atomic E-state index is -4.44. The van der Waals surface area contributed by atoms with Crippen molar-refractivity contribution >= 4 is 17.2 Å². The van der Waals surface area contributed by atoms with Crippen LogP contribution >= 0.6 is 0 Å². The second-order valence-corrected chi connectivity index (χ2v) is 10.5. The van der Waals surface area contributed by atoms with Crippen molar-refractivity contribution < 1.29 is 18.0 Å². The number of likely N-dealkylation sites (tertiary alicyclic amines) is 1. The standard InChI is InChI=1S/C26H32F3N3O/c1-16-10-18(21-7-8-23(26(27,28)29)25-22(21)4-3-9-30-25)14-32(13-16)24(15-33)17-11-19-5-6-20(12-17)31(19)2/h3-4,7-9,15-20,24H,5-6,10-14H2,1-2H3. The van der Waals surface area contributed by atoms with Crippen LogP contribution in [0.25, 0.3) is 10.9 Å². The van der Waals surface area contributed by atoms with Gasteiger partial charge in [0, 0.05) is 36.8 Å². The van der Waals surface area contributed by atoms with Crippen LogP contribution in [0.1, 0.15) is 56.1 Å². The number of alkyl halides is 3. The molecule has 0 amide bonds. The summed E-state index contributed by atoms with van der Waals surface area (Å²) in [6, 6.07) is 7.30. The lowest BCUT2D eigenvalue weighted by Gasteiger charge is -2.45. The Labute approximate surface area is 193 Å². The molecule has 0 spiro atoms. The zero-order valence-corrected chi connectivity index (χ0v) is 19.3. The number of hydrogen-bond acceptors (Lipinski definition) is 4. The maximum absolute atomic E-state index is 13.6. The molecule has 0 saturated carbocycles. The fourth-order valence-corrected chi connectivity index (χ4v) is 6.87. The summed E-state index contributed by atoms with van der Waals surface area (Å²) >= 11 is 0. The van der Waals surface area contributed by atoms with Gasteiger partial charge in [-0.1, -0.05) is 19.1 Å². The Balaban J connectivity index is 1.44. The van der Waals surface area contributed by atoms with Crippen LogP contribution in [-0.2, 0) is 11.0 Å². The molecular formula is C26H32F3N3O. The van der Waals surface area contributed by atoms with Gasteiger partial charge in [-0.05, 0) is 74.6 Å². The molecule has 2 bridgehead atoms. The van der Waals surface area contributed by atoms with E-state index in [1.54, 1.807) is 18.2 Å². The summed E-state index contributed by atoms with van der Waals surface area (Å²) in [6.45, 7) is 3.74. The molecule has 2 aromatic rings. The number of carbonyl (C=O) groups is 1. The van der Waals surface area contributed by atoms with Crippen molar-refractivity contribution in [3.63, 3.8) is 0 Å². The summed E-state index contributed by atoms with van der Waals surface area (Å²) in [5.41, 5.74) is 0.247. The van der Waals surface area contributed by atoms with E-state index in [0.717, 1.165) is 37.7 Å². The fourth-order valence-electron chi connectivity index (χ4n) is 6.87. The molecule has 3 saturated heterocycles. The molecule has 0 radical (unpaired) electrons. The highest BCUT2D eigenvalue weighted by atomic mass is 19.4. The normalized spacial score (nSPS) is 32.2. The van der Waals surface area contributed by atoms with Crippen LogP contribution in [-0.4, -0.2) is 59.3 Å². The number of benzene rings is 1. The number of aldehydes is 1. The lowest BCUT2D eigenvalue weighted by molar-refractivity contribution is -0.136. The minimum absolute atomic E-state index is 0.0195. The molecule has 1 aromatic heterocycles. The molecule has 178 valence electrons. The first kappa shape index (κ1) is 22.8. The van der Waals surface area contributed by atoms with Gasteiger partial charge >= 0.3 is 6.18 Å². The van der Waals surface area contributed by atoms with Crippen LogP contribution in [0.3, 0.4) is 0 Å². The molecule has 3 fully saturated rings. The zero-order chi connectivity index (χ0) is 23.3. The molecular weight excluding hydrogens is 427 g/mol. The number of halogens is 3. The first-order valence-corrected chi connectivity index (χ1v) is 12.1. The van der Waals surface area contributed by atoms with Crippen molar-refractivity contribution in [1.82, 2.24) is 14.8 Å². The van der Waals surface area contributed by atoms with E-state index in [9.17, 15) is 18.0 Å². The van der Waals surface area contributed by atoms with Crippen molar-refractivity contribution in [1.29, 1.82) is 0 Å². The highest BCUT2D eigenvalue weighted by Crippen LogP contribution is 2.43. The van der Waals surface area contributed by atoms with Gasteiger partial charge in [-0.3, -0.25) is 9.88 Å². The van der Waals surface area contributed by atoms with Crippen molar-refractivity contribution in [2.75, 3.05) is 20.1 Å². The third kappa shape index (κ3) is 4.18. The predicted molar refractivity (Wildman–Crippen MR) is 122 cm³/mol. The third-order valence-electron chi connectivity index (χ3n) is 8.42. The van der Waals surface area contributed by atoms with Gasteiger partial charge in [0.15, 0.2) is 0 Å². The molecule has 0 N–H and O–H groups in total. The number of fused-ring (bicyclic) bond motifs is 3. The number of hydrogen-bond donors (Lipinski definition) is 0. The number of aromatic nitrogens is 1. The molecule has 4 heterocycles. The number of piperidine rings is 2. The first-order chi connectivity index (χ1) is 15.8. The summed E-state index contributed by atoms with van der Waals surface area (Å²) < 4.78 is 40.7. The number of carbonyl (C=O) groups excluding carboxylic acids is 1. The fraction of sp³-hybridized carbons (Fsp3) is 0.615. The Hall–Kier alpha value is -1.99. The summed E-state index contributed by atoms with van der Waals surface area (Å²) in [4.78, 5) is 21.3. The first-order valence-electron chi connectivity index (χ1n) is 12.1. The summed E-state index contributed by atoms with van der Waals surface area (Å²) in [7, 11) is 2.21.